The van der Waals surface area contributed by atoms with Gasteiger partial charge in [-0.15, -0.1) is 0 Å². The number of allylic oxidation sites excluding steroid dienone is 1. The number of hydrogen-bond donors (Lipinski definition) is 1. The number of amides is 4. The van der Waals surface area contributed by atoms with Crippen LogP contribution in [0, 0.1) is 0 Å². The molecule has 0 aromatic heterocycles. The lowest BCUT2D eigenvalue weighted by Gasteiger charge is -2.23. The highest BCUT2D eigenvalue weighted by Crippen LogP contribution is 2.10. The molecule has 0 saturated carbocycles. The van der Waals surface area contributed by atoms with Crippen LogP contribution < -0.4 is 0 Å². The van der Waals surface area contributed by atoms with Crippen molar-refractivity contribution in [2.24, 2.45) is 0 Å². The van der Waals surface area contributed by atoms with Gasteiger partial charge in [-0.05, 0) is 20.3 Å². The average molecular weight is 368 g/mol. The van der Waals surface area contributed by atoms with Gasteiger partial charge in [-0.2, -0.15) is 0 Å². The van der Waals surface area contributed by atoms with E-state index in [2.05, 4.69) is 24.8 Å². The molecule has 0 atom stereocenters. The van der Waals surface area contributed by atoms with Gasteiger partial charge in [0.15, 0.2) is 0 Å². The molecule has 0 unspecified atom stereocenters. The second kappa shape index (κ2) is 10.5. The van der Waals surface area contributed by atoms with Crippen molar-refractivity contribution in [1.82, 2.24) is 19.6 Å². The van der Waals surface area contributed by atoms with Gasteiger partial charge in [0.2, 0.25) is 5.91 Å². The third kappa shape index (κ3) is 6.47. The quantitative estimate of drug-likeness (QED) is 0.428. The number of carboxylic acid groups (broad SMARTS) is 1. The van der Waals surface area contributed by atoms with Crippen molar-refractivity contribution in [2.75, 3.05) is 52.9 Å². The molecular formula is C17H28N4O5. The summed E-state index contributed by atoms with van der Waals surface area (Å²) in [6.07, 6.45) is 3.10. The number of hydrogen-bond acceptors (Lipinski definition) is 5. The SMILES string of the molecule is CC(C)=CCN1CCCN(C(=O)CN2C(=O)CN(C)C2=O)CC1.O=CO. The van der Waals surface area contributed by atoms with E-state index in [4.69, 9.17) is 9.90 Å². The van der Waals surface area contributed by atoms with Crippen molar-refractivity contribution in [3.8, 4) is 0 Å². The van der Waals surface area contributed by atoms with Crippen molar-refractivity contribution in [3.05, 3.63) is 11.6 Å². The summed E-state index contributed by atoms with van der Waals surface area (Å²) >= 11 is 0. The second-order valence-electron chi connectivity index (χ2n) is 6.54. The monoisotopic (exact) mass is 368 g/mol. The summed E-state index contributed by atoms with van der Waals surface area (Å²) in [7, 11) is 1.57. The molecule has 0 spiro atoms. The number of urea groups is 1. The summed E-state index contributed by atoms with van der Waals surface area (Å²) in [5.41, 5.74) is 1.29. The van der Waals surface area contributed by atoms with E-state index >= 15 is 0 Å². The number of likely N-dealkylation sites (N-methyl/N-ethyl adjacent to an activating group) is 1. The van der Waals surface area contributed by atoms with Crippen LogP contribution in [0.25, 0.3) is 0 Å². The fourth-order valence-electron chi connectivity index (χ4n) is 2.77. The maximum atomic E-state index is 12.4. The van der Waals surface area contributed by atoms with E-state index in [9.17, 15) is 14.4 Å². The normalized spacial score (nSPS) is 18.2. The van der Waals surface area contributed by atoms with Crippen LogP contribution in [0.2, 0.25) is 0 Å². The Bertz CT molecular complexity index is 559. The maximum absolute atomic E-state index is 12.4. The highest BCUT2D eigenvalue weighted by Gasteiger charge is 2.35. The highest BCUT2D eigenvalue weighted by molar-refractivity contribution is 6.04. The number of nitrogens with zero attached hydrogens (tertiary/aromatic N) is 4. The zero-order chi connectivity index (χ0) is 19.7. The zero-order valence-corrected chi connectivity index (χ0v) is 15.7. The predicted octanol–water partition coefficient (Wildman–Crippen LogP) is 0.0817. The molecule has 0 bridgehead atoms. The molecule has 4 amide bonds. The molecule has 146 valence electrons. The van der Waals surface area contributed by atoms with E-state index in [1.807, 2.05) is 0 Å². The Hall–Kier alpha value is -2.42. The number of rotatable bonds is 4. The van der Waals surface area contributed by atoms with Gasteiger partial charge in [0.05, 0.1) is 0 Å². The standard InChI is InChI=1S/C16H26N4O3.CH2O2/c1-13(2)5-8-18-6-4-7-19(10-9-18)14(21)12-20-15(22)11-17(3)16(20)23;2-1-3/h5H,4,6-12H2,1-3H3;1H,(H,2,3). The lowest BCUT2D eigenvalue weighted by Crippen LogP contribution is -2.44. The molecule has 9 heteroatoms. The first kappa shape index (κ1) is 21.6. The van der Waals surface area contributed by atoms with Gasteiger partial charge in [-0.1, -0.05) is 11.6 Å². The highest BCUT2D eigenvalue weighted by atomic mass is 16.3. The molecule has 2 fully saturated rings. The fraction of sp³-hybridized carbons (Fsp3) is 0.647. The van der Waals surface area contributed by atoms with Gasteiger partial charge < -0.3 is 14.9 Å². The molecule has 0 aromatic carbocycles. The van der Waals surface area contributed by atoms with Gasteiger partial charge in [-0.25, -0.2) is 4.79 Å². The first-order valence-corrected chi connectivity index (χ1v) is 8.57. The zero-order valence-electron chi connectivity index (χ0n) is 15.7. The molecule has 0 aromatic rings. The first-order valence-electron chi connectivity index (χ1n) is 8.57. The third-order valence-corrected chi connectivity index (χ3v) is 4.22. The molecule has 9 nitrogen and oxygen atoms in total. The number of imide groups is 1. The van der Waals surface area contributed by atoms with Gasteiger partial charge in [0.25, 0.3) is 12.4 Å². The number of carbonyl (C=O) groups is 4. The van der Waals surface area contributed by atoms with Crippen molar-refractivity contribution in [1.29, 1.82) is 0 Å². The second-order valence-corrected chi connectivity index (χ2v) is 6.54. The third-order valence-electron chi connectivity index (χ3n) is 4.22. The molecule has 0 radical (unpaired) electrons. The maximum Gasteiger partial charge on any atom is 0.327 e. The van der Waals surface area contributed by atoms with Crippen LogP contribution in [0.3, 0.4) is 0 Å². The van der Waals surface area contributed by atoms with Crippen molar-refractivity contribution >= 4 is 24.3 Å². The van der Waals surface area contributed by atoms with E-state index in [0.717, 1.165) is 31.0 Å². The topological polar surface area (TPSA) is 101 Å². The molecule has 1 N–H and O–H groups in total. The Kier molecular flexibility index (Phi) is 8.77. The van der Waals surface area contributed by atoms with Crippen LogP contribution >= 0.6 is 0 Å². The van der Waals surface area contributed by atoms with Crippen LogP contribution in [0.15, 0.2) is 11.6 Å². The molecule has 26 heavy (non-hydrogen) atoms. The largest absolute Gasteiger partial charge is 0.483 e. The molecule has 2 heterocycles. The summed E-state index contributed by atoms with van der Waals surface area (Å²) in [4.78, 5) is 50.8. The Labute approximate surface area is 153 Å². The lowest BCUT2D eigenvalue weighted by atomic mass is 10.3. The van der Waals surface area contributed by atoms with E-state index < -0.39 is 0 Å². The molecule has 2 rings (SSSR count). The van der Waals surface area contributed by atoms with Gasteiger partial charge in [0, 0.05) is 39.8 Å². The molecule has 2 aliphatic rings. The minimum Gasteiger partial charge on any atom is -0.483 e. The summed E-state index contributed by atoms with van der Waals surface area (Å²) in [6, 6.07) is -0.386. The van der Waals surface area contributed by atoms with Gasteiger partial charge in [-0.3, -0.25) is 24.2 Å². The van der Waals surface area contributed by atoms with Crippen LogP contribution in [-0.4, -0.2) is 102 Å². The first-order chi connectivity index (χ1) is 12.3. The van der Waals surface area contributed by atoms with Gasteiger partial charge in [0.1, 0.15) is 13.1 Å². The van der Waals surface area contributed by atoms with E-state index in [1.54, 1.807) is 11.9 Å². The Morgan fingerprint density at radius 1 is 1.15 bits per heavy atom. The molecule has 0 aliphatic carbocycles. The minimum atomic E-state index is -0.386. The number of carbonyl (C=O) groups excluding carboxylic acids is 3. The van der Waals surface area contributed by atoms with Crippen LogP contribution in [0.5, 0.6) is 0 Å². The lowest BCUT2D eigenvalue weighted by molar-refractivity contribution is -0.136. The predicted molar refractivity (Wildman–Crippen MR) is 95.5 cm³/mol. The van der Waals surface area contributed by atoms with Crippen LogP contribution in [0.4, 0.5) is 4.79 Å². The molecule has 2 aliphatic heterocycles. The Balaban J connectivity index is 0.00000105. The van der Waals surface area contributed by atoms with Gasteiger partial charge >= 0.3 is 6.03 Å². The van der Waals surface area contributed by atoms with E-state index in [-0.39, 0.29) is 37.4 Å². The van der Waals surface area contributed by atoms with Crippen molar-refractivity contribution in [3.63, 3.8) is 0 Å². The van der Waals surface area contributed by atoms with Crippen LogP contribution in [-0.2, 0) is 14.4 Å². The van der Waals surface area contributed by atoms with Crippen molar-refractivity contribution < 1.29 is 24.3 Å². The smallest absolute Gasteiger partial charge is 0.327 e. The summed E-state index contributed by atoms with van der Waals surface area (Å²) in [5.74, 6) is -0.447. The van der Waals surface area contributed by atoms with Crippen LogP contribution in [0.1, 0.15) is 20.3 Å². The summed E-state index contributed by atoms with van der Waals surface area (Å²) in [6.45, 7) is 7.81. The average Bonchev–Trinajstić information content (AvgIpc) is 2.76. The van der Waals surface area contributed by atoms with Crippen molar-refractivity contribution in [2.45, 2.75) is 20.3 Å². The molecular weight excluding hydrogens is 340 g/mol. The summed E-state index contributed by atoms with van der Waals surface area (Å²) in [5, 5.41) is 6.89. The Morgan fingerprint density at radius 3 is 2.35 bits per heavy atom. The van der Waals surface area contributed by atoms with E-state index in [0.29, 0.717) is 13.1 Å². The minimum absolute atomic E-state index is 0.0581. The Morgan fingerprint density at radius 2 is 1.81 bits per heavy atom. The van der Waals surface area contributed by atoms with E-state index in [1.165, 1.54) is 10.5 Å². The molecule has 2 saturated heterocycles. The fourth-order valence-corrected chi connectivity index (χ4v) is 2.77. The summed E-state index contributed by atoms with van der Waals surface area (Å²) < 4.78 is 0.